The highest BCUT2D eigenvalue weighted by atomic mass is 16.6. The first-order valence-corrected chi connectivity index (χ1v) is 5.17. The number of nitrogens with zero attached hydrogens (tertiary/aromatic N) is 1. The van der Waals surface area contributed by atoms with E-state index in [-0.39, 0.29) is 5.60 Å². The third-order valence-corrected chi connectivity index (χ3v) is 2.92. The number of hydrogen-bond acceptors (Lipinski definition) is 3. The van der Waals surface area contributed by atoms with Crippen LogP contribution in [0.1, 0.15) is 33.6 Å². The van der Waals surface area contributed by atoms with Gasteiger partial charge in [0.05, 0.1) is 5.60 Å². The second-order valence-corrected chi connectivity index (χ2v) is 4.63. The molecule has 1 atom stereocenters. The van der Waals surface area contributed by atoms with Crippen LogP contribution in [0.15, 0.2) is 0 Å². The van der Waals surface area contributed by atoms with Crippen LogP contribution in [0.5, 0.6) is 0 Å². The Labute approximate surface area is 81.2 Å². The molecule has 1 fully saturated rings. The van der Waals surface area contributed by atoms with E-state index in [1.807, 2.05) is 0 Å². The first-order chi connectivity index (χ1) is 6.07. The largest absolute Gasteiger partial charge is 0.303 e. The van der Waals surface area contributed by atoms with E-state index in [0.29, 0.717) is 0 Å². The van der Waals surface area contributed by atoms with Gasteiger partial charge in [0.2, 0.25) is 0 Å². The van der Waals surface area contributed by atoms with Gasteiger partial charge >= 0.3 is 0 Å². The molecule has 1 saturated heterocycles. The average Bonchev–Trinajstić information content (AvgIpc) is 2.52. The zero-order chi connectivity index (χ0) is 9.90. The standard InChI is InChI=1S/C10H22N2O/c1-4-12-6-5-9(8-12)7-10(2,3)13-11/h9H,4-8,11H2,1-3H3. The Hall–Kier alpha value is -0.120. The zero-order valence-electron chi connectivity index (χ0n) is 9.05. The van der Waals surface area contributed by atoms with Gasteiger partial charge in [-0.1, -0.05) is 6.92 Å². The summed E-state index contributed by atoms with van der Waals surface area (Å²) in [6.45, 7) is 9.95. The minimum Gasteiger partial charge on any atom is -0.303 e. The summed E-state index contributed by atoms with van der Waals surface area (Å²) in [5.74, 6) is 6.00. The van der Waals surface area contributed by atoms with E-state index < -0.39 is 0 Å². The summed E-state index contributed by atoms with van der Waals surface area (Å²) in [5, 5.41) is 0. The van der Waals surface area contributed by atoms with Crippen LogP contribution in [0.3, 0.4) is 0 Å². The maximum absolute atomic E-state index is 5.24. The van der Waals surface area contributed by atoms with Crippen molar-refractivity contribution in [1.29, 1.82) is 0 Å². The minimum absolute atomic E-state index is 0.158. The van der Waals surface area contributed by atoms with Gasteiger partial charge in [-0.3, -0.25) is 4.84 Å². The van der Waals surface area contributed by atoms with Gasteiger partial charge in [-0.25, -0.2) is 5.90 Å². The topological polar surface area (TPSA) is 38.5 Å². The molecule has 13 heavy (non-hydrogen) atoms. The molecule has 0 spiro atoms. The molecule has 0 aromatic heterocycles. The van der Waals surface area contributed by atoms with Gasteiger partial charge in [-0.2, -0.15) is 0 Å². The zero-order valence-corrected chi connectivity index (χ0v) is 9.05. The molecule has 78 valence electrons. The first kappa shape index (κ1) is 11.0. The van der Waals surface area contributed by atoms with Crippen LogP contribution in [0.4, 0.5) is 0 Å². The molecule has 1 aliphatic heterocycles. The Morgan fingerprint density at radius 2 is 2.23 bits per heavy atom. The highest BCUT2D eigenvalue weighted by Gasteiger charge is 2.28. The molecule has 1 aliphatic rings. The molecule has 1 unspecified atom stereocenters. The van der Waals surface area contributed by atoms with Crippen LogP contribution in [0, 0.1) is 5.92 Å². The van der Waals surface area contributed by atoms with Crippen molar-refractivity contribution in [3.8, 4) is 0 Å². The number of rotatable bonds is 4. The lowest BCUT2D eigenvalue weighted by Crippen LogP contribution is -2.31. The molecule has 3 heteroatoms. The Bertz CT molecular complexity index is 159. The number of likely N-dealkylation sites (tertiary alicyclic amines) is 1. The second kappa shape index (κ2) is 4.40. The highest BCUT2D eigenvalue weighted by Crippen LogP contribution is 2.26. The molecule has 2 N–H and O–H groups in total. The van der Waals surface area contributed by atoms with E-state index in [1.54, 1.807) is 0 Å². The molecule has 0 radical (unpaired) electrons. The van der Waals surface area contributed by atoms with Gasteiger partial charge in [0.15, 0.2) is 0 Å². The van der Waals surface area contributed by atoms with Crippen molar-refractivity contribution in [3.63, 3.8) is 0 Å². The van der Waals surface area contributed by atoms with Crippen LogP contribution in [-0.2, 0) is 4.84 Å². The lowest BCUT2D eigenvalue weighted by molar-refractivity contribution is -0.0353. The molecular formula is C10H22N2O. The van der Waals surface area contributed by atoms with Crippen LogP contribution in [-0.4, -0.2) is 30.1 Å². The average molecular weight is 186 g/mol. The third kappa shape index (κ3) is 3.25. The van der Waals surface area contributed by atoms with E-state index in [4.69, 9.17) is 10.7 Å². The fraction of sp³-hybridized carbons (Fsp3) is 1.00. The van der Waals surface area contributed by atoms with Gasteiger partial charge in [0, 0.05) is 6.54 Å². The van der Waals surface area contributed by atoms with Crippen molar-refractivity contribution in [2.45, 2.75) is 39.2 Å². The van der Waals surface area contributed by atoms with Crippen molar-refractivity contribution in [3.05, 3.63) is 0 Å². The summed E-state index contributed by atoms with van der Waals surface area (Å²) in [6.07, 6.45) is 2.36. The van der Waals surface area contributed by atoms with E-state index in [9.17, 15) is 0 Å². The van der Waals surface area contributed by atoms with Crippen LogP contribution < -0.4 is 5.90 Å². The first-order valence-electron chi connectivity index (χ1n) is 5.17. The fourth-order valence-corrected chi connectivity index (χ4v) is 2.11. The summed E-state index contributed by atoms with van der Waals surface area (Å²) in [6, 6.07) is 0. The Kier molecular flexibility index (Phi) is 3.71. The molecule has 0 aromatic rings. The SMILES string of the molecule is CCN1CCC(CC(C)(C)ON)C1. The molecule has 0 aromatic carbocycles. The lowest BCUT2D eigenvalue weighted by Gasteiger charge is -2.25. The summed E-state index contributed by atoms with van der Waals surface area (Å²) in [4.78, 5) is 7.43. The molecule has 3 nitrogen and oxygen atoms in total. The quantitative estimate of drug-likeness (QED) is 0.674. The van der Waals surface area contributed by atoms with Gasteiger partial charge in [-0.05, 0) is 45.7 Å². The van der Waals surface area contributed by atoms with E-state index in [1.165, 1.54) is 26.1 Å². The summed E-state index contributed by atoms with van der Waals surface area (Å²) >= 11 is 0. The van der Waals surface area contributed by atoms with Crippen molar-refractivity contribution < 1.29 is 4.84 Å². The highest BCUT2D eigenvalue weighted by molar-refractivity contribution is 4.80. The van der Waals surface area contributed by atoms with Crippen LogP contribution >= 0.6 is 0 Å². The smallest absolute Gasteiger partial charge is 0.0841 e. The second-order valence-electron chi connectivity index (χ2n) is 4.63. The number of hydrogen-bond donors (Lipinski definition) is 1. The molecule has 0 saturated carbocycles. The lowest BCUT2D eigenvalue weighted by atomic mass is 9.93. The molecule has 1 heterocycles. The van der Waals surface area contributed by atoms with Crippen molar-refractivity contribution in [2.75, 3.05) is 19.6 Å². The predicted octanol–water partition coefficient (Wildman–Crippen LogP) is 1.39. The summed E-state index contributed by atoms with van der Waals surface area (Å²) in [7, 11) is 0. The van der Waals surface area contributed by atoms with E-state index in [2.05, 4.69) is 25.7 Å². The Morgan fingerprint density at radius 1 is 1.54 bits per heavy atom. The van der Waals surface area contributed by atoms with Gasteiger partial charge < -0.3 is 4.90 Å². The van der Waals surface area contributed by atoms with Crippen LogP contribution in [0.2, 0.25) is 0 Å². The van der Waals surface area contributed by atoms with Crippen molar-refractivity contribution in [1.82, 2.24) is 4.90 Å². The molecule has 0 aliphatic carbocycles. The summed E-state index contributed by atoms with van der Waals surface area (Å²) < 4.78 is 0. The minimum atomic E-state index is -0.158. The monoisotopic (exact) mass is 186 g/mol. The maximum atomic E-state index is 5.24. The van der Waals surface area contributed by atoms with E-state index >= 15 is 0 Å². The van der Waals surface area contributed by atoms with Crippen molar-refractivity contribution >= 4 is 0 Å². The summed E-state index contributed by atoms with van der Waals surface area (Å²) in [5.41, 5.74) is -0.158. The fourth-order valence-electron chi connectivity index (χ4n) is 2.11. The predicted molar refractivity (Wildman–Crippen MR) is 54.2 cm³/mol. The molecule has 1 rings (SSSR count). The van der Waals surface area contributed by atoms with Crippen molar-refractivity contribution in [2.24, 2.45) is 11.8 Å². The maximum Gasteiger partial charge on any atom is 0.0841 e. The third-order valence-electron chi connectivity index (χ3n) is 2.92. The Balaban J connectivity index is 2.31. The normalized spacial score (nSPS) is 25.4. The Morgan fingerprint density at radius 3 is 2.69 bits per heavy atom. The van der Waals surface area contributed by atoms with Gasteiger partial charge in [-0.15, -0.1) is 0 Å². The van der Waals surface area contributed by atoms with Crippen LogP contribution in [0.25, 0.3) is 0 Å². The molecule has 0 bridgehead atoms. The van der Waals surface area contributed by atoms with Gasteiger partial charge in [0.1, 0.15) is 0 Å². The molecular weight excluding hydrogens is 164 g/mol. The van der Waals surface area contributed by atoms with E-state index in [0.717, 1.165) is 12.3 Å². The number of nitrogens with two attached hydrogens (primary N) is 1. The van der Waals surface area contributed by atoms with Gasteiger partial charge in [0.25, 0.3) is 0 Å². The molecule has 0 amide bonds.